The Labute approximate surface area is 191 Å². The molecule has 1 saturated heterocycles. The van der Waals surface area contributed by atoms with Crippen molar-refractivity contribution < 1.29 is 13.2 Å². The van der Waals surface area contributed by atoms with E-state index in [0.717, 1.165) is 25.0 Å². The smallest absolute Gasteiger partial charge is 0.253 e. The molecule has 1 amide bonds. The number of anilines is 2. The van der Waals surface area contributed by atoms with Crippen molar-refractivity contribution in [2.45, 2.75) is 19.4 Å². The summed E-state index contributed by atoms with van der Waals surface area (Å²) in [6.45, 7) is 2.22. The molecule has 0 aliphatic carbocycles. The number of carbonyl (C=O) groups excluding carboxylic acids is 1. The van der Waals surface area contributed by atoms with E-state index >= 15 is 0 Å². The van der Waals surface area contributed by atoms with E-state index in [-0.39, 0.29) is 12.5 Å². The van der Waals surface area contributed by atoms with Gasteiger partial charge in [0.1, 0.15) is 0 Å². The number of H-pyrrole nitrogens is 1. The zero-order valence-corrected chi connectivity index (χ0v) is 19.0. The summed E-state index contributed by atoms with van der Waals surface area (Å²) in [7, 11) is -3.43. The Morgan fingerprint density at radius 3 is 2.56 bits per heavy atom. The van der Waals surface area contributed by atoms with Crippen molar-refractivity contribution >= 4 is 38.9 Å². The van der Waals surface area contributed by atoms with Crippen molar-refractivity contribution in [3.8, 4) is 11.5 Å². The second-order valence-corrected chi connectivity index (χ2v) is 9.85. The SMILES string of the molecule is CS(=O)(=O)Nc1cc(Cl)cc(CNC(=O)c2c[nH]c(-c3ncc(N4CCCC4)cn3)c2)c1. The van der Waals surface area contributed by atoms with Crippen LogP contribution in [0.3, 0.4) is 0 Å². The normalized spacial score (nSPS) is 13.9. The van der Waals surface area contributed by atoms with Crippen LogP contribution < -0.4 is 14.9 Å². The van der Waals surface area contributed by atoms with Crippen molar-refractivity contribution in [1.29, 1.82) is 0 Å². The van der Waals surface area contributed by atoms with Gasteiger partial charge in [-0.3, -0.25) is 9.52 Å². The average Bonchev–Trinajstić information content (AvgIpc) is 3.43. The minimum Gasteiger partial charge on any atom is -0.369 e. The second-order valence-electron chi connectivity index (χ2n) is 7.67. The highest BCUT2D eigenvalue weighted by molar-refractivity contribution is 7.92. The Morgan fingerprint density at radius 1 is 1.16 bits per heavy atom. The zero-order valence-electron chi connectivity index (χ0n) is 17.4. The molecule has 1 fully saturated rings. The van der Waals surface area contributed by atoms with E-state index in [9.17, 15) is 13.2 Å². The monoisotopic (exact) mass is 474 g/mol. The number of halogens is 1. The molecule has 168 valence electrons. The van der Waals surface area contributed by atoms with Crippen molar-refractivity contribution in [3.63, 3.8) is 0 Å². The number of hydrogen-bond donors (Lipinski definition) is 3. The first-order valence-electron chi connectivity index (χ1n) is 10.1. The van der Waals surface area contributed by atoms with Crippen LogP contribution in [0.25, 0.3) is 11.5 Å². The van der Waals surface area contributed by atoms with E-state index in [4.69, 9.17) is 11.6 Å². The predicted molar refractivity (Wildman–Crippen MR) is 124 cm³/mol. The molecular weight excluding hydrogens is 452 g/mol. The van der Waals surface area contributed by atoms with Gasteiger partial charge in [0.05, 0.1) is 41.3 Å². The summed E-state index contributed by atoms with van der Waals surface area (Å²) in [5, 5.41) is 3.16. The Bertz CT molecular complexity index is 1220. The fourth-order valence-corrected chi connectivity index (χ4v) is 4.37. The third kappa shape index (κ3) is 5.57. The quantitative estimate of drug-likeness (QED) is 0.484. The third-order valence-electron chi connectivity index (χ3n) is 5.01. The van der Waals surface area contributed by atoms with Crippen molar-refractivity contribution in [3.05, 3.63) is 59.0 Å². The molecule has 32 heavy (non-hydrogen) atoms. The lowest BCUT2D eigenvalue weighted by Crippen LogP contribution is -2.22. The standard InChI is InChI=1S/C21H23ClN6O3S/c1-32(30,31)27-17-7-14(6-16(22)9-17)10-26-21(29)15-8-19(23-11-15)20-24-12-18(13-25-20)28-4-2-3-5-28/h6-9,11-13,23,27H,2-5,10H2,1H3,(H,26,29). The molecule has 0 radical (unpaired) electrons. The first kappa shape index (κ1) is 22.1. The summed E-state index contributed by atoms with van der Waals surface area (Å²) >= 11 is 6.07. The highest BCUT2D eigenvalue weighted by Gasteiger charge is 2.15. The van der Waals surface area contributed by atoms with Gasteiger partial charge in [0.15, 0.2) is 5.82 Å². The molecule has 2 aromatic heterocycles. The molecule has 3 aromatic rings. The number of nitrogens with zero attached hydrogens (tertiary/aromatic N) is 3. The van der Waals surface area contributed by atoms with Gasteiger partial charge in [0, 0.05) is 30.9 Å². The van der Waals surface area contributed by atoms with Crippen LogP contribution in [0.4, 0.5) is 11.4 Å². The summed E-state index contributed by atoms with van der Waals surface area (Å²) < 4.78 is 25.3. The molecule has 3 N–H and O–H groups in total. The summed E-state index contributed by atoms with van der Waals surface area (Å²) in [6.07, 6.45) is 8.62. The number of benzene rings is 1. The van der Waals surface area contributed by atoms with Gasteiger partial charge in [-0.05, 0) is 42.7 Å². The molecule has 3 heterocycles. The van der Waals surface area contributed by atoms with Crippen LogP contribution >= 0.6 is 11.6 Å². The molecule has 1 aliphatic heterocycles. The molecule has 0 spiro atoms. The zero-order chi connectivity index (χ0) is 22.7. The van der Waals surface area contributed by atoms with Gasteiger partial charge in [-0.25, -0.2) is 18.4 Å². The minimum atomic E-state index is -3.43. The van der Waals surface area contributed by atoms with Crippen molar-refractivity contribution in [2.24, 2.45) is 0 Å². The predicted octanol–water partition coefficient (Wildman–Crippen LogP) is 3.03. The Kier molecular flexibility index (Phi) is 6.33. The number of sulfonamides is 1. The average molecular weight is 475 g/mol. The van der Waals surface area contributed by atoms with Gasteiger partial charge in [0.2, 0.25) is 10.0 Å². The maximum Gasteiger partial charge on any atom is 0.253 e. The lowest BCUT2D eigenvalue weighted by molar-refractivity contribution is 0.0951. The number of carbonyl (C=O) groups is 1. The first-order valence-corrected chi connectivity index (χ1v) is 12.3. The largest absolute Gasteiger partial charge is 0.369 e. The van der Waals surface area contributed by atoms with E-state index in [1.54, 1.807) is 36.8 Å². The summed E-state index contributed by atoms with van der Waals surface area (Å²) in [6, 6.07) is 6.47. The van der Waals surface area contributed by atoms with E-state index in [1.165, 1.54) is 18.9 Å². The van der Waals surface area contributed by atoms with E-state index in [0.29, 0.717) is 33.4 Å². The lowest BCUT2D eigenvalue weighted by Gasteiger charge is -2.16. The number of rotatable bonds is 7. The Balaban J connectivity index is 1.40. The van der Waals surface area contributed by atoms with Crippen molar-refractivity contribution in [1.82, 2.24) is 20.3 Å². The molecule has 1 aliphatic rings. The van der Waals surface area contributed by atoms with E-state index in [1.807, 2.05) is 0 Å². The number of nitrogens with one attached hydrogen (secondary N) is 3. The number of aromatic amines is 1. The fourth-order valence-electron chi connectivity index (χ4n) is 3.56. The van der Waals surface area contributed by atoms with Gasteiger partial charge in [-0.2, -0.15) is 0 Å². The lowest BCUT2D eigenvalue weighted by atomic mass is 10.2. The minimum absolute atomic E-state index is 0.180. The Hall–Kier alpha value is -3.11. The van der Waals surface area contributed by atoms with Crippen LogP contribution in [0.1, 0.15) is 28.8 Å². The van der Waals surface area contributed by atoms with Crippen molar-refractivity contribution in [2.75, 3.05) is 29.0 Å². The highest BCUT2D eigenvalue weighted by atomic mass is 35.5. The van der Waals surface area contributed by atoms with Crippen LogP contribution in [0.15, 0.2) is 42.9 Å². The van der Waals surface area contributed by atoms with Gasteiger partial charge in [-0.15, -0.1) is 0 Å². The topological polar surface area (TPSA) is 120 Å². The molecule has 11 heteroatoms. The fraction of sp³-hybridized carbons (Fsp3) is 0.286. The molecule has 0 atom stereocenters. The van der Waals surface area contributed by atoms with E-state index < -0.39 is 10.0 Å². The van der Waals surface area contributed by atoms with Gasteiger partial charge in [0.25, 0.3) is 5.91 Å². The number of amides is 1. The maximum atomic E-state index is 12.6. The van der Waals surface area contributed by atoms with E-state index in [2.05, 4.69) is 29.9 Å². The molecular formula is C21H23ClN6O3S. The maximum absolute atomic E-state index is 12.6. The molecule has 0 unspecified atom stereocenters. The molecule has 0 bridgehead atoms. The summed E-state index contributed by atoms with van der Waals surface area (Å²) in [4.78, 5) is 26.7. The third-order valence-corrected chi connectivity index (χ3v) is 5.83. The van der Waals surface area contributed by atoms with Gasteiger partial charge in [-0.1, -0.05) is 11.6 Å². The molecule has 9 nitrogen and oxygen atoms in total. The van der Waals surface area contributed by atoms with Crippen LogP contribution in [-0.2, 0) is 16.6 Å². The summed E-state index contributed by atoms with van der Waals surface area (Å²) in [5.41, 5.74) is 3.08. The van der Waals surface area contributed by atoms with Gasteiger partial charge >= 0.3 is 0 Å². The van der Waals surface area contributed by atoms with Crippen LogP contribution in [0, 0.1) is 0 Å². The molecule has 0 saturated carbocycles. The van der Waals surface area contributed by atoms with Crippen LogP contribution in [-0.4, -0.2) is 48.6 Å². The summed E-state index contributed by atoms with van der Waals surface area (Å²) in [5.74, 6) is 0.220. The van der Waals surface area contributed by atoms with Gasteiger partial charge < -0.3 is 15.2 Å². The highest BCUT2D eigenvalue weighted by Crippen LogP contribution is 2.22. The molecule has 4 rings (SSSR count). The number of hydrogen-bond acceptors (Lipinski definition) is 6. The molecule has 1 aromatic carbocycles. The Morgan fingerprint density at radius 2 is 1.88 bits per heavy atom. The van der Waals surface area contributed by atoms with Crippen LogP contribution in [0.2, 0.25) is 5.02 Å². The number of aromatic nitrogens is 3. The first-order chi connectivity index (χ1) is 15.3. The van der Waals surface area contributed by atoms with Crippen LogP contribution in [0.5, 0.6) is 0 Å². The second kappa shape index (κ2) is 9.17.